The van der Waals surface area contributed by atoms with Crippen LogP contribution in [0.15, 0.2) is 0 Å². The molecule has 0 heterocycles. The highest BCUT2D eigenvalue weighted by Gasteiger charge is 2.31. The third-order valence-corrected chi connectivity index (χ3v) is 5.90. The molecule has 0 radical (unpaired) electrons. The van der Waals surface area contributed by atoms with E-state index in [0.717, 1.165) is 19.3 Å². The van der Waals surface area contributed by atoms with Crippen molar-refractivity contribution in [2.75, 3.05) is 13.2 Å². The molecule has 0 aromatic heterocycles. The van der Waals surface area contributed by atoms with Gasteiger partial charge in [0, 0.05) is 6.61 Å². The molecule has 0 spiro atoms. The van der Waals surface area contributed by atoms with Crippen molar-refractivity contribution in [1.82, 2.24) is 0 Å². The fourth-order valence-electron chi connectivity index (χ4n) is 3.61. The number of aliphatic hydroxyl groups excluding tert-OH is 5. The summed E-state index contributed by atoms with van der Waals surface area (Å²) in [5, 5.41) is 47.7. The van der Waals surface area contributed by atoms with E-state index in [0.29, 0.717) is 6.42 Å². The highest BCUT2D eigenvalue weighted by Crippen LogP contribution is 2.14. The average Bonchev–Trinajstić information content (AvgIpc) is 2.79. The minimum Gasteiger partial charge on any atom is -0.462 e. The summed E-state index contributed by atoms with van der Waals surface area (Å²) in [6, 6.07) is -0.789. The topological polar surface area (TPSA) is 153 Å². The summed E-state index contributed by atoms with van der Waals surface area (Å²) in [6.07, 6.45) is 10.5. The normalized spacial score (nSPS) is 16.3. The molecule has 0 rings (SSSR count). The van der Waals surface area contributed by atoms with E-state index in [9.17, 15) is 25.2 Å². The van der Waals surface area contributed by atoms with Gasteiger partial charge in [-0.15, -0.1) is 0 Å². The molecular weight excluding hydrogens is 414 g/mol. The third kappa shape index (κ3) is 15.9. The highest BCUT2D eigenvalue weighted by molar-refractivity contribution is 5.75. The molecule has 0 saturated heterocycles. The maximum absolute atomic E-state index is 11.8. The van der Waals surface area contributed by atoms with E-state index in [2.05, 4.69) is 6.92 Å². The van der Waals surface area contributed by atoms with Crippen LogP contribution in [0.1, 0.15) is 103 Å². The summed E-state index contributed by atoms with van der Waals surface area (Å²) in [5.74, 6) is -1.13. The number of hydrogen-bond acceptors (Lipinski definition) is 8. The number of esters is 1. The number of carbonyl (C=O) groups excluding carboxylic acids is 1. The van der Waals surface area contributed by atoms with Crippen LogP contribution in [0.4, 0.5) is 0 Å². The molecule has 0 aromatic rings. The van der Waals surface area contributed by atoms with Gasteiger partial charge in [0.15, 0.2) is 6.10 Å². The predicted molar refractivity (Wildman–Crippen MR) is 125 cm³/mol. The lowest BCUT2D eigenvalue weighted by Crippen LogP contribution is -2.45. The van der Waals surface area contributed by atoms with Crippen LogP contribution >= 0.6 is 0 Å². The van der Waals surface area contributed by atoms with Crippen molar-refractivity contribution in [3.63, 3.8) is 0 Å². The van der Waals surface area contributed by atoms with Gasteiger partial charge in [-0.2, -0.15) is 0 Å². The number of aliphatic hydroxyl groups is 5. The average molecular weight is 464 g/mol. The molecule has 0 amide bonds. The lowest BCUT2D eigenvalue weighted by Gasteiger charge is -2.23. The second-order valence-electron chi connectivity index (χ2n) is 8.91. The van der Waals surface area contributed by atoms with Crippen molar-refractivity contribution < 1.29 is 35.1 Å². The maximum Gasteiger partial charge on any atom is 0.337 e. The second-order valence-corrected chi connectivity index (χ2v) is 8.91. The fourth-order valence-corrected chi connectivity index (χ4v) is 3.61. The van der Waals surface area contributed by atoms with Crippen molar-refractivity contribution >= 4 is 5.97 Å². The Morgan fingerprint density at radius 3 is 1.69 bits per heavy atom. The first-order valence-electron chi connectivity index (χ1n) is 12.6. The Hall–Kier alpha value is -0.770. The van der Waals surface area contributed by atoms with Crippen molar-refractivity contribution in [3.8, 4) is 0 Å². The summed E-state index contributed by atoms with van der Waals surface area (Å²) >= 11 is 0. The molecule has 7 N–H and O–H groups in total. The summed E-state index contributed by atoms with van der Waals surface area (Å²) in [6.45, 7) is 1.55. The minimum absolute atomic E-state index is 0.178. The summed E-state index contributed by atoms with van der Waals surface area (Å²) in [4.78, 5) is 11.8. The molecular formula is C24H49NO7. The number of ether oxygens (including phenoxy) is 1. The summed E-state index contributed by atoms with van der Waals surface area (Å²) < 4.78 is 4.85. The first-order chi connectivity index (χ1) is 15.3. The molecule has 0 aliphatic carbocycles. The number of nitrogens with two attached hydrogens (primary N) is 1. The molecule has 32 heavy (non-hydrogen) atoms. The van der Waals surface area contributed by atoms with Gasteiger partial charge < -0.3 is 36.0 Å². The third-order valence-electron chi connectivity index (χ3n) is 5.90. The Bertz CT molecular complexity index is 439. The van der Waals surface area contributed by atoms with Crippen molar-refractivity contribution in [2.24, 2.45) is 5.73 Å². The Morgan fingerprint density at radius 2 is 1.22 bits per heavy atom. The quantitative estimate of drug-likeness (QED) is 0.105. The van der Waals surface area contributed by atoms with E-state index in [1.54, 1.807) is 0 Å². The molecule has 192 valence electrons. The zero-order valence-electron chi connectivity index (χ0n) is 20.0. The van der Waals surface area contributed by atoms with Crippen molar-refractivity contribution in [1.29, 1.82) is 0 Å². The van der Waals surface area contributed by atoms with Gasteiger partial charge in [-0.05, 0) is 12.8 Å². The first-order valence-corrected chi connectivity index (χ1v) is 12.6. The molecule has 0 aromatic carbocycles. The van der Waals surface area contributed by atoms with Crippen LogP contribution in [0.25, 0.3) is 0 Å². The molecule has 0 aliphatic heterocycles. The van der Waals surface area contributed by atoms with Crippen molar-refractivity contribution in [2.45, 2.75) is 134 Å². The zero-order valence-corrected chi connectivity index (χ0v) is 20.0. The van der Waals surface area contributed by atoms with E-state index in [1.807, 2.05) is 0 Å². The predicted octanol–water partition coefficient (Wildman–Crippen LogP) is 2.16. The molecule has 5 unspecified atom stereocenters. The van der Waals surface area contributed by atoms with Gasteiger partial charge >= 0.3 is 5.97 Å². The van der Waals surface area contributed by atoms with Crippen LogP contribution in [0, 0.1) is 0 Å². The van der Waals surface area contributed by atoms with E-state index < -0.39 is 43.0 Å². The highest BCUT2D eigenvalue weighted by atomic mass is 16.6. The number of carbonyl (C=O) groups is 1. The van der Waals surface area contributed by atoms with Gasteiger partial charge in [0.2, 0.25) is 0 Å². The zero-order chi connectivity index (χ0) is 24.2. The fraction of sp³-hybridized carbons (Fsp3) is 0.958. The molecule has 0 fully saturated rings. The summed E-state index contributed by atoms with van der Waals surface area (Å²) in [7, 11) is 0. The van der Waals surface area contributed by atoms with Crippen molar-refractivity contribution in [3.05, 3.63) is 0 Å². The first kappa shape index (κ1) is 31.2. The molecule has 0 aliphatic rings. The SMILES string of the molecule is CCCCCCCCCCCCCCCC(O)C(N)COC(=O)C(O)C(O)C(O)CCO. The van der Waals surface area contributed by atoms with Gasteiger partial charge in [0.05, 0.1) is 18.2 Å². The van der Waals surface area contributed by atoms with Crippen LogP contribution in [0.2, 0.25) is 0 Å². The number of rotatable bonds is 22. The van der Waals surface area contributed by atoms with Crippen LogP contribution in [0.5, 0.6) is 0 Å². The lowest BCUT2D eigenvalue weighted by molar-refractivity contribution is -0.166. The van der Waals surface area contributed by atoms with Crippen LogP contribution in [-0.4, -0.2) is 75.2 Å². The second kappa shape index (κ2) is 20.8. The standard InChI is InChI=1S/C24H49NO7/c1-2-3-4-5-6-7-8-9-10-11-12-13-14-15-20(27)19(25)18-32-24(31)23(30)22(29)21(28)16-17-26/h19-23,26-30H,2-18,25H2,1H3. The maximum atomic E-state index is 11.8. The van der Waals surface area contributed by atoms with Crippen LogP contribution in [0.3, 0.4) is 0 Å². The van der Waals surface area contributed by atoms with E-state index in [4.69, 9.17) is 15.6 Å². The molecule has 8 nitrogen and oxygen atoms in total. The van der Waals surface area contributed by atoms with Gasteiger partial charge in [-0.25, -0.2) is 4.79 Å². The molecule has 0 bridgehead atoms. The van der Waals surface area contributed by atoms with E-state index >= 15 is 0 Å². The molecule has 8 heteroatoms. The van der Waals surface area contributed by atoms with Gasteiger partial charge in [-0.1, -0.05) is 90.4 Å². The van der Waals surface area contributed by atoms with Crippen LogP contribution in [-0.2, 0) is 9.53 Å². The van der Waals surface area contributed by atoms with Gasteiger partial charge in [0.1, 0.15) is 12.7 Å². The monoisotopic (exact) mass is 463 g/mol. The lowest BCUT2D eigenvalue weighted by atomic mass is 10.0. The van der Waals surface area contributed by atoms with E-state index in [-0.39, 0.29) is 13.0 Å². The van der Waals surface area contributed by atoms with Gasteiger partial charge in [0.25, 0.3) is 0 Å². The Kier molecular flexibility index (Phi) is 20.3. The molecule has 0 saturated carbocycles. The van der Waals surface area contributed by atoms with E-state index in [1.165, 1.54) is 64.2 Å². The van der Waals surface area contributed by atoms with Gasteiger partial charge in [-0.3, -0.25) is 0 Å². The smallest absolute Gasteiger partial charge is 0.337 e. The summed E-state index contributed by atoms with van der Waals surface area (Å²) in [5.41, 5.74) is 5.84. The minimum atomic E-state index is -1.94. The largest absolute Gasteiger partial charge is 0.462 e. The molecule has 5 atom stereocenters. The Labute approximate surface area is 194 Å². The Morgan fingerprint density at radius 1 is 0.750 bits per heavy atom. The number of unbranched alkanes of at least 4 members (excludes halogenated alkanes) is 12. The van der Waals surface area contributed by atoms with Crippen LogP contribution < -0.4 is 5.73 Å². The number of hydrogen-bond donors (Lipinski definition) is 6. The Balaban J connectivity index is 3.71.